The third kappa shape index (κ3) is 0.856. The molecule has 0 bridgehead atoms. The molecule has 0 spiro atoms. The molecule has 1 rings (SSSR count). The Hall–Kier alpha value is -0.660. The third-order valence-corrected chi connectivity index (χ3v) is 0.777. The van der Waals surface area contributed by atoms with Crippen LogP contribution in [0.5, 0.6) is 0 Å². The van der Waals surface area contributed by atoms with Crippen molar-refractivity contribution in [3.05, 3.63) is 12.0 Å². The first-order valence-electron chi connectivity index (χ1n) is 2.28. The van der Waals surface area contributed by atoms with Gasteiger partial charge in [-0.3, -0.25) is 0 Å². The first-order valence-corrected chi connectivity index (χ1v) is 2.28. The zero-order chi connectivity index (χ0) is 5.28. The Balaban J connectivity index is 2.42. The lowest BCUT2D eigenvalue weighted by atomic mass is 10.6. The zero-order valence-corrected chi connectivity index (χ0v) is 4.47. The Morgan fingerprint density at radius 3 is 2.57 bits per heavy atom. The monoisotopic (exact) mass is 100 g/mol. The van der Waals surface area contributed by atoms with Gasteiger partial charge in [0.1, 0.15) is 12.0 Å². The Labute approximate surface area is 42.7 Å². The molecule has 1 unspecified atom stereocenters. The molecule has 1 heterocycles. The molecular weight excluding hydrogens is 92.1 g/mol. The van der Waals surface area contributed by atoms with Crippen LogP contribution in [0.25, 0.3) is 0 Å². The summed E-state index contributed by atoms with van der Waals surface area (Å²) in [5, 5.41) is 0. The van der Waals surface area contributed by atoms with Gasteiger partial charge in [-0.2, -0.15) is 0 Å². The van der Waals surface area contributed by atoms with Crippen LogP contribution in [0.1, 0.15) is 13.8 Å². The summed E-state index contributed by atoms with van der Waals surface area (Å²) in [5.41, 5.74) is 0. The van der Waals surface area contributed by atoms with Gasteiger partial charge in [-0.05, 0) is 6.92 Å². The average Bonchev–Trinajstić information content (AvgIpc) is 1.87. The summed E-state index contributed by atoms with van der Waals surface area (Å²) < 4.78 is 9.88. The van der Waals surface area contributed by atoms with E-state index < -0.39 is 0 Å². The fourth-order valence-electron chi connectivity index (χ4n) is 0.509. The van der Waals surface area contributed by atoms with E-state index in [0.29, 0.717) is 0 Å². The van der Waals surface area contributed by atoms with Crippen molar-refractivity contribution in [1.29, 1.82) is 0 Å². The third-order valence-electron chi connectivity index (χ3n) is 0.777. The van der Waals surface area contributed by atoms with E-state index in [4.69, 9.17) is 9.47 Å². The average molecular weight is 100 g/mol. The van der Waals surface area contributed by atoms with Crippen LogP contribution < -0.4 is 0 Å². The van der Waals surface area contributed by atoms with Gasteiger partial charge in [-0.15, -0.1) is 0 Å². The molecule has 1 atom stereocenters. The summed E-state index contributed by atoms with van der Waals surface area (Å²) in [7, 11) is 0. The maximum Gasteiger partial charge on any atom is 0.237 e. The second kappa shape index (κ2) is 1.45. The molecule has 1 aliphatic rings. The van der Waals surface area contributed by atoms with Crippen LogP contribution >= 0.6 is 0 Å². The molecule has 0 N–H and O–H groups in total. The molecule has 0 amide bonds. The predicted octanol–water partition coefficient (Wildman–Crippen LogP) is 1.24. The van der Waals surface area contributed by atoms with Gasteiger partial charge in [-0.1, -0.05) is 0 Å². The molecule has 0 saturated heterocycles. The van der Waals surface area contributed by atoms with E-state index in [1.165, 1.54) is 0 Å². The van der Waals surface area contributed by atoms with Crippen molar-refractivity contribution in [2.24, 2.45) is 0 Å². The molecule has 1 aliphatic heterocycles. The maximum absolute atomic E-state index is 5.00. The molecule has 0 aromatic heterocycles. The van der Waals surface area contributed by atoms with Crippen molar-refractivity contribution < 1.29 is 9.47 Å². The van der Waals surface area contributed by atoms with Crippen molar-refractivity contribution in [2.45, 2.75) is 20.1 Å². The van der Waals surface area contributed by atoms with Gasteiger partial charge in [0.15, 0.2) is 0 Å². The molecule has 0 aliphatic carbocycles. The molecule has 2 heteroatoms. The number of rotatable bonds is 0. The Bertz CT molecular complexity index is 96.3. The predicted molar refractivity (Wildman–Crippen MR) is 25.4 cm³/mol. The molecule has 0 aromatic carbocycles. The quantitative estimate of drug-likeness (QED) is 0.456. The van der Waals surface area contributed by atoms with Crippen molar-refractivity contribution in [3.63, 3.8) is 0 Å². The van der Waals surface area contributed by atoms with Crippen molar-refractivity contribution in [2.75, 3.05) is 0 Å². The Morgan fingerprint density at radius 2 is 2.43 bits per heavy atom. The molecule has 40 valence electrons. The normalized spacial score (nSPS) is 28.3. The molecule has 0 radical (unpaired) electrons. The van der Waals surface area contributed by atoms with Crippen LogP contribution in [0.15, 0.2) is 12.0 Å². The smallest absolute Gasteiger partial charge is 0.237 e. The van der Waals surface area contributed by atoms with E-state index in [1.807, 2.05) is 13.8 Å². The van der Waals surface area contributed by atoms with Crippen LogP contribution in [-0.4, -0.2) is 6.29 Å². The first-order chi connectivity index (χ1) is 3.29. The molecule has 7 heavy (non-hydrogen) atoms. The second-order valence-electron chi connectivity index (χ2n) is 1.55. The Kier molecular flexibility index (Phi) is 0.929. The lowest BCUT2D eigenvalue weighted by Gasteiger charge is -2.01. The standard InChI is InChI=1S/C5H8O2/c1-4-3-6-5(2)7-4/h3,5H,1-2H3. The fraction of sp³-hybridized carbons (Fsp3) is 0.600. The van der Waals surface area contributed by atoms with Crippen LogP contribution in [0.2, 0.25) is 0 Å². The Morgan fingerprint density at radius 1 is 1.71 bits per heavy atom. The molecule has 0 saturated carbocycles. The largest absolute Gasteiger partial charge is 0.459 e. The van der Waals surface area contributed by atoms with Crippen molar-refractivity contribution in [1.82, 2.24) is 0 Å². The van der Waals surface area contributed by atoms with Crippen LogP contribution in [-0.2, 0) is 9.47 Å². The topological polar surface area (TPSA) is 18.5 Å². The zero-order valence-electron chi connectivity index (χ0n) is 4.47. The summed E-state index contributed by atoms with van der Waals surface area (Å²) in [4.78, 5) is 0. The number of allylic oxidation sites excluding steroid dienone is 1. The summed E-state index contributed by atoms with van der Waals surface area (Å²) in [5.74, 6) is 0.854. The van der Waals surface area contributed by atoms with E-state index in [9.17, 15) is 0 Å². The molecular formula is C5H8O2. The molecule has 2 nitrogen and oxygen atoms in total. The highest BCUT2D eigenvalue weighted by Crippen LogP contribution is 2.10. The van der Waals surface area contributed by atoms with Gasteiger partial charge in [0.25, 0.3) is 0 Å². The van der Waals surface area contributed by atoms with Crippen molar-refractivity contribution in [3.8, 4) is 0 Å². The van der Waals surface area contributed by atoms with Crippen LogP contribution in [0.4, 0.5) is 0 Å². The first kappa shape index (κ1) is 4.50. The van der Waals surface area contributed by atoms with Gasteiger partial charge in [0.2, 0.25) is 6.29 Å². The van der Waals surface area contributed by atoms with E-state index in [-0.39, 0.29) is 6.29 Å². The van der Waals surface area contributed by atoms with E-state index >= 15 is 0 Å². The van der Waals surface area contributed by atoms with Gasteiger partial charge in [-0.25, -0.2) is 0 Å². The van der Waals surface area contributed by atoms with Gasteiger partial charge < -0.3 is 9.47 Å². The van der Waals surface area contributed by atoms with Crippen molar-refractivity contribution >= 4 is 0 Å². The number of hydrogen-bond donors (Lipinski definition) is 0. The summed E-state index contributed by atoms with van der Waals surface area (Å²) >= 11 is 0. The maximum atomic E-state index is 5.00. The lowest BCUT2D eigenvalue weighted by molar-refractivity contribution is -0.0144. The highest BCUT2D eigenvalue weighted by molar-refractivity contribution is 4.85. The van der Waals surface area contributed by atoms with Crippen LogP contribution in [0, 0.1) is 0 Å². The van der Waals surface area contributed by atoms with Gasteiger partial charge >= 0.3 is 0 Å². The SMILES string of the molecule is CC1=COC(C)O1. The minimum Gasteiger partial charge on any atom is -0.459 e. The number of ether oxygens (including phenoxy) is 2. The molecule has 0 aromatic rings. The van der Waals surface area contributed by atoms with E-state index in [0.717, 1.165) is 5.76 Å². The highest BCUT2D eigenvalue weighted by atomic mass is 16.7. The molecule has 0 fully saturated rings. The summed E-state index contributed by atoms with van der Waals surface area (Å²) in [6.45, 7) is 3.72. The highest BCUT2D eigenvalue weighted by Gasteiger charge is 2.07. The number of hydrogen-bond acceptors (Lipinski definition) is 2. The van der Waals surface area contributed by atoms with Gasteiger partial charge in [0, 0.05) is 6.92 Å². The minimum atomic E-state index is -0.0694. The summed E-state index contributed by atoms with van der Waals surface area (Å²) in [6.07, 6.45) is 1.55. The van der Waals surface area contributed by atoms with Crippen LogP contribution in [0.3, 0.4) is 0 Å². The van der Waals surface area contributed by atoms with E-state index in [2.05, 4.69) is 0 Å². The van der Waals surface area contributed by atoms with Gasteiger partial charge in [0.05, 0.1) is 0 Å². The minimum absolute atomic E-state index is 0.0694. The van der Waals surface area contributed by atoms with E-state index in [1.54, 1.807) is 6.26 Å². The fourth-order valence-corrected chi connectivity index (χ4v) is 0.509. The lowest BCUT2D eigenvalue weighted by Crippen LogP contribution is -1.99. The summed E-state index contributed by atoms with van der Waals surface area (Å²) in [6, 6.07) is 0. The second-order valence-corrected chi connectivity index (χ2v) is 1.55.